The van der Waals surface area contributed by atoms with E-state index in [0.717, 1.165) is 16.7 Å². The average molecular weight is 313 g/mol. The highest BCUT2D eigenvalue weighted by atomic mass is 16.7. The summed E-state index contributed by atoms with van der Waals surface area (Å²) in [6.45, 7) is 2.53. The zero-order valence-electron chi connectivity index (χ0n) is 13.4. The zero-order chi connectivity index (χ0) is 16.2. The molecule has 2 heterocycles. The molecule has 0 aliphatic heterocycles. The number of hydrogen-bond donors (Lipinski definition) is 1. The fourth-order valence-corrected chi connectivity index (χ4v) is 2.38. The van der Waals surface area contributed by atoms with Crippen molar-refractivity contribution in [2.75, 3.05) is 26.1 Å². The average Bonchev–Trinajstić information content (AvgIpc) is 3.00. The van der Waals surface area contributed by atoms with Crippen LogP contribution in [0.15, 0.2) is 36.8 Å². The lowest BCUT2D eigenvalue weighted by atomic mass is 10.2. The second-order valence-electron chi connectivity index (χ2n) is 5.14. The van der Waals surface area contributed by atoms with Crippen LogP contribution in [0, 0.1) is 6.92 Å². The van der Waals surface area contributed by atoms with Gasteiger partial charge < -0.3 is 14.8 Å². The molecule has 2 aromatic heterocycles. The van der Waals surface area contributed by atoms with E-state index < -0.39 is 0 Å². The number of nitrogens with one attached hydrogen (secondary N) is 1. The maximum Gasteiger partial charge on any atom is 0.173 e. The van der Waals surface area contributed by atoms with Gasteiger partial charge in [0.15, 0.2) is 11.9 Å². The minimum Gasteiger partial charge on any atom is -0.364 e. The van der Waals surface area contributed by atoms with Gasteiger partial charge in [-0.1, -0.05) is 12.1 Å². The van der Waals surface area contributed by atoms with E-state index in [1.54, 1.807) is 25.1 Å². The normalized spacial score (nSPS) is 11.3. The number of aromatic nitrogens is 4. The molecule has 3 aromatic rings. The van der Waals surface area contributed by atoms with Crippen molar-refractivity contribution in [3.63, 3.8) is 0 Å². The second kappa shape index (κ2) is 6.72. The Morgan fingerprint density at radius 3 is 2.78 bits per heavy atom. The molecule has 0 spiro atoms. The van der Waals surface area contributed by atoms with Gasteiger partial charge in [0.2, 0.25) is 0 Å². The molecule has 0 fully saturated rings. The number of ether oxygens (including phenoxy) is 2. The summed E-state index contributed by atoms with van der Waals surface area (Å²) >= 11 is 0. The first-order valence-corrected chi connectivity index (χ1v) is 7.28. The third-order valence-corrected chi connectivity index (χ3v) is 3.57. The molecule has 0 unspecified atom stereocenters. The number of nitrogens with zero attached hydrogens (tertiary/aromatic N) is 4. The van der Waals surface area contributed by atoms with Crippen LogP contribution in [-0.4, -0.2) is 46.8 Å². The van der Waals surface area contributed by atoms with Crippen molar-refractivity contribution >= 4 is 16.9 Å². The molecular weight excluding hydrogens is 294 g/mol. The predicted octanol–water partition coefficient (Wildman–Crippen LogP) is 2.15. The van der Waals surface area contributed by atoms with Crippen molar-refractivity contribution in [3.8, 4) is 5.69 Å². The van der Waals surface area contributed by atoms with Crippen molar-refractivity contribution in [3.05, 3.63) is 42.4 Å². The second-order valence-corrected chi connectivity index (χ2v) is 5.14. The van der Waals surface area contributed by atoms with Crippen LogP contribution in [0.1, 0.15) is 5.56 Å². The van der Waals surface area contributed by atoms with E-state index in [-0.39, 0.29) is 6.29 Å². The number of benzene rings is 1. The maximum atomic E-state index is 5.17. The van der Waals surface area contributed by atoms with Crippen LogP contribution in [-0.2, 0) is 9.47 Å². The van der Waals surface area contributed by atoms with Crippen molar-refractivity contribution < 1.29 is 9.47 Å². The number of rotatable bonds is 6. The molecule has 7 nitrogen and oxygen atoms in total. The Morgan fingerprint density at radius 1 is 1.22 bits per heavy atom. The number of fused-ring (bicyclic) bond motifs is 1. The molecule has 7 heteroatoms. The maximum absolute atomic E-state index is 5.17. The summed E-state index contributed by atoms with van der Waals surface area (Å²) in [4.78, 5) is 8.65. The lowest BCUT2D eigenvalue weighted by Crippen LogP contribution is -2.24. The summed E-state index contributed by atoms with van der Waals surface area (Å²) in [7, 11) is 3.20. The van der Waals surface area contributed by atoms with Crippen molar-refractivity contribution in [2.45, 2.75) is 13.2 Å². The molecule has 23 heavy (non-hydrogen) atoms. The Hall–Kier alpha value is -2.51. The van der Waals surface area contributed by atoms with Gasteiger partial charge in [-0.05, 0) is 24.6 Å². The molecule has 0 aliphatic carbocycles. The molecule has 0 saturated heterocycles. The minimum absolute atomic E-state index is 0.341. The highest BCUT2D eigenvalue weighted by Crippen LogP contribution is 2.22. The number of hydrogen-bond acceptors (Lipinski definition) is 6. The van der Waals surface area contributed by atoms with E-state index in [9.17, 15) is 0 Å². The van der Waals surface area contributed by atoms with E-state index in [0.29, 0.717) is 12.4 Å². The van der Waals surface area contributed by atoms with E-state index >= 15 is 0 Å². The van der Waals surface area contributed by atoms with Crippen LogP contribution >= 0.6 is 0 Å². The molecule has 0 aliphatic rings. The number of anilines is 1. The van der Waals surface area contributed by atoms with Gasteiger partial charge in [0.05, 0.1) is 23.8 Å². The van der Waals surface area contributed by atoms with Crippen LogP contribution in [0.3, 0.4) is 0 Å². The summed E-state index contributed by atoms with van der Waals surface area (Å²) in [5.41, 5.74) is 2.89. The van der Waals surface area contributed by atoms with Gasteiger partial charge in [0, 0.05) is 14.2 Å². The standard InChI is InChI=1S/C16H19N5O2/c1-11-5-4-6-12(7-11)21-16-13(8-20-21)15(18-10-19-16)17-9-14(22-2)23-3/h4-8,10,14H,9H2,1-3H3,(H,17,18,19). The van der Waals surface area contributed by atoms with Gasteiger partial charge in [-0.3, -0.25) is 0 Å². The summed E-state index contributed by atoms with van der Waals surface area (Å²) in [5, 5.41) is 8.50. The summed E-state index contributed by atoms with van der Waals surface area (Å²) in [6, 6.07) is 8.11. The fraction of sp³-hybridized carbons (Fsp3) is 0.312. The minimum atomic E-state index is -0.341. The predicted molar refractivity (Wildman–Crippen MR) is 87.7 cm³/mol. The van der Waals surface area contributed by atoms with Crippen molar-refractivity contribution in [2.24, 2.45) is 0 Å². The molecule has 3 rings (SSSR count). The number of aryl methyl sites for hydroxylation is 1. The lowest BCUT2D eigenvalue weighted by Gasteiger charge is -2.14. The SMILES string of the molecule is COC(CNc1ncnc2c1cnn2-c1cccc(C)c1)OC. The summed E-state index contributed by atoms with van der Waals surface area (Å²) in [5.74, 6) is 0.702. The van der Waals surface area contributed by atoms with E-state index in [2.05, 4.69) is 26.4 Å². The molecular formula is C16H19N5O2. The first-order valence-electron chi connectivity index (χ1n) is 7.28. The highest BCUT2D eigenvalue weighted by molar-refractivity contribution is 5.87. The molecule has 0 amide bonds. The Morgan fingerprint density at radius 2 is 2.04 bits per heavy atom. The summed E-state index contributed by atoms with van der Waals surface area (Å²) < 4.78 is 12.1. The Labute approximate surface area is 134 Å². The quantitative estimate of drug-likeness (QED) is 0.703. The third kappa shape index (κ3) is 3.15. The molecule has 0 atom stereocenters. The zero-order valence-corrected chi connectivity index (χ0v) is 13.4. The van der Waals surface area contributed by atoms with Crippen LogP contribution in [0.2, 0.25) is 0 Å². The van der Waals surface area contributed by atoms with E-state index in [1.807, 2.05) is 25.1 Å². The van der Waals surface area contributed by atoms with Gasteiger partial charge in [0.25, 0.3) is 0 Å². The van der Waals surface area contributed by atoms with Gasteiger partial charge in [-0.2, -0.15) is 5.10 Å². The molecule has 120 valence electrons. The molecule has 0 bridgehead atoms. The van der Waals surface area contributed by atoms with Crippen molar-refractivity contribution in [1.29, 1.82) is 0 Å². The Kier molecular flexibility index (Phi) is 4.50. The van der Waals surface area contributed by atoms with E-state index in [1.165, 1.54) is 11.9 Å². The summed E-state index contributed by atoms with van der Waals surface area (Å²) in [6.07, 6.45) is 2.94. The first-order chi connectivity index (χ1) is 11.2. The van der Waals surface area contributed by atoms with Gasteiger partial charge in [-0.15, -0.1) is 0 Å². The Bertz CT molecular complexity index is 798. The monoisotopic (exact) mass is 313 g/mol. The van der Waals surface area contributed by atoms with Gasteiger partial charge in [0.1, 0.15) is 12.1 Å². The van der Waals surface area contributed by atoms with E-state index in [4.69, 9.17) is 9.47 Å². The number of methoxy groups -OCH3 is 2. The third-order valence-electron chi connectivity index (χ3n) is 3.57. The van der Waals surface area contributed by atoms with Gasteiger partial charge >= 0.3 is 0 Å². The fourth-order valence-electron chi connectivity index (χ4n) is 2.38. The topological polar surface area (TPSA) is 74.1 Å². The lowest BCUT2D eigenvalue weighted by molar-refractivity contribution is -0.0914. The molecule has 0 radical (unpaired) electrons. The highest BCUT2D eigenvalue weighted by Gasteiger charge is 2.12. The van der Waals surface area contributed by atoms with Crippen LogP contribution < -0.4 is 5.32 Å². The molecule has 0 saturated carbocycles. The van der Waals surface area contributed by atoms with Crippen LogP contribution in [0.4, 0.5) is 5.82 Å². The Balaban J connectivity index is 1.94. The van der Waals surface area contributed by atoms with Crippen molar-refractivity contribution in [1.82, 2.24) is 19.7 Å². The largest absolute Gasteiger partial charge is 0.364 e. The first kappa shape index (κ1) is 15.4. The molecule has 1 N–H and O–H groups in total. The smallest absolute Gasteiger partial charge is 0.173 e. The van der Waals surface area contributed by atoms with Crippen LogP contribution in [0.25, 0.3) is 16.7 Å². The van der Waals surface area contributed by atoms with Crippen LogP contribution in [0.5, 0.6) is 0 Å². The van der Waals surface area contributed by atoms with Gasteiger partial charge in [-0.25, -0.2) is 14.6 Å². The molecule has 1 aromatic carbocycles.